The van der Waals surface area contributed by atoms with Crippen molar-refractivity contribution in [3.05, 3.63) is 65.1 Å². The number of carbonyl (C=O) groups is 2. The highest BCUT2D eigenvalue weighted by molar-refractivity contribution is 8.04. The van der Waals surface area contributed by atoms with Crippen LogP contribution >= 0.6 is 11.8 Å². The second kappa shape index (κ2) is 6.93. The van der Waals surface area contributed by atoms with Crippen molar-refractivity contribution < 1.29 is 14.3 Å². The molecule has 0 spiro atoms. The van der Waals surface area contributed by atoms with Crippen LogP contribution in [0.3, 0.4) is 0 Å². The number of hydrogen-bond donors (Lipinski definition) is 0. The van der Waals surface area contributed by atoms with E-state index < -0.39 is 0 Å². The van der Waals surface area contributed by atoms with Gasteiger partial charge >= 0.3 is 0 Å². The SMILES string of the molecule is CCSC1=C(c2ccccc2OC)C(=O)N(c2ccccc2)C1=O. The first kappa shape index (κ1) is 16.3. The van der Waals surface area contributed by atoms with Crippen LogP contribution in [0.5, 0.6) is 5.75 Å². The maximum atomic E-state index is 13.0. The lowest BCUT2D eigenvalue weighted by atomic mass is 10.0. The Labute approximate surface area is 145 Å². The molecule has 0 aliphatic carbocycles. The molecule has 2 aromatic rings. The Kier molecular flexibility index (Phi) is 4.71. The minimum atomic E-state index is -0.313. The molecular weight excluding hydrogens is 322 g/mol. The van der Waals surface area contributed by atoms with Crippen LogP contribution in [0.4, 0.5) is 5.69 Å². The van der Waals surface area contributed by atoms with Crippen molar-refractivity contribution >= 4 is 34.8 Å². The predicted molar refractivity (Wildman–Crippen MR) is 97.0 cm³/mol. The minimum absolute atomic E-state index is 0.279. The number of amides is 2. The van der Waals surface area contributed by atoms with E-state index in [2.05, 4.69) is 0 Å². The Morgan fingerprint density at radius 3 is 2.29 bits per heavy atom. The van der Waals surface area contributed by atoms with Crippen LogP contribution in [0.25, 0.3) is 5.57 Å². The van der Waals surface area contributed by atoms with Gasteiger partial charge in [-0.05, 0) is 24.0 Å². The van der Waals surface area contributed by atoms with E-state index in [4.69, 9.17) is 4.74 Å². The molecule has 0 saturated carbocycles. The molecule has 5 heteroatoms. The molecular formula is C19H17NO3S. The van der Waals surface area contributed by atoms with E-state index in [1.165, 1.54) is 16.7 Å². The van der Waals surface area contributed by atoms with E-state index in [1.807, 2.05) is 43.3 Å². The number of imide groups is 1. The summed E-state index contributed by atoms with van der Waals surface area (Å²) in [5.74, 6) is 0.693. The fourth-order valence-corrected chi connectivity index (χ4v) is 3.53. The monoisotopic (exact) mass is 339 g/mol. The molecule has 0 fully saturated rings. The van der Waals surface area contributed by atoms with Crippen LogP contribution in [0.15, 0.2) is 59.5 Å². The van der Waals surface area contributed by atoms with E-state index in [9.17, 15) is 9.59 Å². The lowest BCUT2D eigenvalue weighted by Gasteiger charge is -2.15. The van der Waals surface area contributed by atoms with Gasteiger partial charge in [-0.3, -0.25) is 9.59 Å². The highest BCUT2D eigenvalue weighted by atomic mass is 32.2. The Balaban J connectivity index is 2.14. The van der Waals surface area contributed by atoms with Crippen LogP contribution in [0, 0.1) is 0 Å². The molecule has 0 saturated heterocycles. The number of ether oxygens (including phenoxy) is 1. The molecule has 0 N–H and O–H groups in total. The molecule has 3 rings (SSSR count). The first-order valence-electron chi connectivity index (χ1n) is 7.63. The Bertz CT molecular complexity index is 814. The molecule has 4 nitrogen and oxygen atoms in total. The van der Waals surface area contributed by atoms with Crippen molar-refractivity contribution in [2.75, 3.05) is 17.8 Å². The molecule has 0 bridgehead atoms. The molecule has 24 heavy (non-hydrogen) atoms. The highest BCUT2D eigenvalue weighted by Crippen LogP contribution is 2.40. The standard InChI is InChI=1S/C19H17NO3S/c1-3-24-17-16(14-11-7-8-12-15(14)23-2)18(21)20(19(17)22)13-9-5-4-6-10-13/h4-12H,3H2,1-2H3. The number of para-hydroxylation sites is 2. The Hall–Kier alpha value is -2.53. The van der Waals surface area contributed by atoms with Gasteiger partial charge in [0.2, 0.25) is 0 Å². The normalized spacial score (nSPS) is 14.5. The van der Waals surface area contributed by atoms with Crippen molar-refractivity contribution in [2.24, 2.45) is 0 Å². The Morgan fingerprint density at radius 1 is 0.958 bits per heavy atom. The van der Waals surface area contributed by atoms with Gasteiger partial charge in [0, 0.05) is 5.56 Å². The van der Waals surface area contributed by atoms with Crippen molar-refractivity contribution in [3.8, 4) is 5.75 Å². The molecule has 1 aliphatic rings. The average molecular weight is 339 g/mol. The topological polar surface area (TPSA) is 46.6 Å². The van der Waals surface area contributed by atoms with Gasteiger partial charge in [-0.2, -0.15) is 0 Å². The molecule has 2 amide bonds. The van der Waals surface area contributed by atoms with Crippen LogP contribution in [-0.4, -0.2) is 24.7 Å². The summed E-state index contributed by atoms with van der Waals surface area (Å²) >= 11 is 1.38. The summed E-state index contributed by atoms with van der Waals surface area (Å²) in [7, 11) is 1.56. The lowest BCUT2D eigenvalue weighted by Crippen LogP contribution is -2.31. The van der Waals surface area contributed by atoms with Gasteiger partial charge < -0.3 is 4.74 Å². The zero-order valence-corrected chi connectivity index (χ0v) is 14.3. The molecule has 2 aromatic carbocycles. The number of hydrogen-bond acceptors (Lipinski definition) is 4. The van der Waals surface area contributed by atoms with E-state index in [-0.39, 0.29) is 11.8 Å². The van der Waals surface area contributed by atoms with Crippen LogP contribution in [0.1, 0.15) is 12.5 Å². The maximum absolute atomic E-state index is 13.0. The van der Waals surface area contributed by atoms with Gasteiger partial charge in [-0.25, -0.2) is 4.90 Å². The predicted octanol–water partition coefficient (Wildman–Crippen LogP) is 3.73. The fourth-order valence-electron chi connectivity index (χ4n) is 2.69. The molecule has 0 radical (unpaired) electrons. The minimum Gasteiger partial charge on any atom is -0.496 e. The van der Waals surface area contributed by atoms with Crippen molar-refractivity contribution in [1.29, 1.82) is 0 Å². The van der Waals surface area contributed by atoms with E-state index >= 15 is 0 Å². The lowest BCUT2D eigenvalue weighted by molar-refractivity contribution is -0.119. The summed E-state index contributed by atoms with van der Waals surface area (Å²) in [6.45, 7) is 1.96. The molecule has 0 unspecified atom stereocenters. The largest absolute Gasteiger partial charge is 0.496 e. The van der Waals surface area contributed by atoms with Crippen LogP contribution < -0.4 is 9.64 Å². The van der Waals surface area contributed by atoms with Gasteiger partial charge in [0.25, 0.3) is 11.8 Å². The second-order valence-electron chi connectivity index (χ2n) is 5.12. The zero-order chi connectivity index (χ0) is 17.1. The number of nitrogens with zero attached hydrogens (tertiary/aromatic N) is 1. The summed E-state index contributed by atoms with van der Waals surface area (Å²) in [4.78, 5) is 27.6. The maximum Gasteiger partial charge on any atom is 0.272 e. The number of carbonyl (C=O) groups excluding carboxylic acids is 2. The number of benzene rings is 2. The van der Waals surface area contributed by atoms with Crippen molar-refractivity contribution in [3.63, 3.8) is 0 Å². The zero-order valence-electron chi connectivity index (χ0n) is 13.5. The number of anilines is 1. The fraction of sp³-hybridized carbons (Fsp3) is 0.158. The summed E-state index contributed by atoms with van der Waals surface area (Å²) in [5.41, 5.74) is 1.63. The van der Waals surface area contributed by atoms with Gasteiger partial charge in [0.15, 0.2) is 0 Å². The van der Waals surface area contributed by atoms with Gasteiger partial charge in [-0.1, -0.05) is 43.3 Å². The third kappa shape index (κ3) is 2.71. The van der Waals surface area contributed by atoms with Gasteiger partial charge in [0.05, 0.1) is 23.3 Å². The van der Waals surface area contributed by atoms with Crippen LogP contribution in [-0.2, 0) is 9.59 Å². The second-order valence-corrected chi connectivity index (χ2v) is 6.39. The van der Waals surface area contributed by atoms with Crippen LogP contribution in [0.2, 0.25) is 0 Å². The van der Waals surface area contributed by atoms with E-state index in [0.29, 0.717) is 33.2 Å². The first-order chi connectivity index (χ1) is 11.7. The third-order valence-electron chi connectivity index (χ3n) is 3.72. The number of rotatable bonds is 5. The van der Waals surface area contributed by atoms with Crippen molar-refractivity contribution in [1.82, 2.24) is 0 Å². The number of thioether (sulfide) groups is 1. The molecule has 122 valence electrons. The summed E-state index contributed by atoms with van der Waals surface area (Å²) in [6.07, 6.45) is 0. The number of methoxy groups -OCH3 is 1. The smallest absolute Gasteiger partial charge is 0.272 e. The van der Waals surface area contributed by atoms with E-state index in [0.717, 1.165) is 0 Å². The average Bonchev–Trinajstić information content (AvgIpc) is 2.86. The molecule has 0 atom stereocenters. The quantitative estimate of drug-likeness (QED) is 0.779. The van der Waals surface area contributed by atoms with Gasteiger partial charge in [-0.15, -0.1) is 11.8 Å². The summed E-state index contributed by atoms with van der Waals surface area (Å²) < 4.78 is 5.38. The third-order valence-corrected chi connectivity index (χ3v) is 4.68. The van der Waals surface area contributed by atoms with Crippen molar-refractivity contribution in [2.45, 2.75) is 6.92 Å². The summed E-state index contributed by atoms with van der Waals surface area (Å²) in [6, 6.07) is 16.3. The Morgan fingerprint density at radius 2 is 1.62 bits per heavy atom. The molecule has 0 aromatic heterocycles. The first-order valence-corrected chi connectivity index (χ1v) is 8.61. The summed E-state index contributed by atoms with van der Waals surface area (Å²) in [5, 5.41) is 0. The van der Waals surface area contributed by atoms with E-state index in [1.54, 1.807) is 25.3 Å². The molecule has 1 aliphatic heterocycles. The highest BCUT2D eigenvalue weighted by Gasteiger charge is 2.40. The van der Waals surface area contributed by atoms with Gasteiger partial charge in [0.1, 0.15) is 5.75 Å². The molecule has 1 heterocycles.